The second-order valence-corrected chi connectivity index (χ2v) is 11.8. The van der Waals surface area contributed by atoms with Gasteiger partial charge in [0, 0.05) is 18.1 Å². The molecule has 0 saturated carbocycles. The SMILES string of the molecule is COc1ccc(Cl)cc1N(CC(=O)N(Cc1ccc(Cl)c(Cl)c1)C(C)C(=O)NCC(C)C)S(C)(=O)=O. The summed E-state index contributed by atoms with van der Waals surface area (Å²) in [5.74, 6) is -0.558. The average molecular weight is 579 g/mol. The van der Waals surface area contributed by atoms with Crippen LogP contribution in [-0.4, -0.2) is 57.6 Å². The number of amides is 2. The quantitative estimate of drug-likeness (QED) is 0.420. The summed E-state index contributed by atoms with van der Waals surface area (Å²) in [5, 5.41) is 3.72. The Kier molecular flexibility index (Phi) is 10.7. The highest BCUT2D eigenvalue weighted by atomic mass is 35.5. The number of anilines is 1. The first-order chi connectivity index (χ1) is 16.7. The number of carbonyl (C=O) groups is 2. The van der Waals surface area contributed by atoms with Crippen LogP contribution in [-0.2, 0) is 26.2 Å². The minimum Gasteiger partial charge on any atom is -0.495 e. The summed E-state index contributed by atoms with van der Waals surface area (Å²) in [6, 6.07) is 8.41. The second-order valence-electron chi connectivity index (χ2n) is 8.67. The minimum absolute atomic E-state index is 0.00370. The Balaban J connectivity index is 2.46. The predicted molar refractivity (Wildman–Crippen MR) is 145 cm³/mol. The maximum atomic E-state index is 13.6. The molecule has 0 bridgehead atoms. The van der Waals surface area contributed by atoms with Crippen molar-refractivity contribution in [2.24, 2.45) is 5.92 Å². The van der Waals surface area contributed by atoms with Crippen molar-refractivity contribution in [2.45, 2.75) is 33.4 Å². The van der Waals surface area contributed by atoms with Gasteiger partial charge in [0.1, 0.15) is 18.3 Å². The lowest BCUT2D eigenvalue weighted by molar-refractivity contribution is -0.139. The van der Waals surface area contributed by atoms with Gasteiger partial charge in [0.05, 0.1) is 29.1 Å². The lowest BCUT2D eigenvalue weighted by atomic mass is 10.1. The molecule has 0 saturated heterocycles. The van der Waals surface area contributed by atoms with Crippen LogP contribution in [0.2, 0.25) is 15.1 Å². The number of sulfonamides is 1. The van der Waals surface area contributed by atoms with Crippen LogP contribution in [0.3, 0.4) is 0 Å². The number of hydrogen-bond acceptors (Lipinski definition) is 5. The zero-order chi connectivity index (χ0) is 27.2. The van der Waals surface area contributed by atoms with E-state index in [9.17, 15) is 18.0 Å². The summed E-state index contributed by atoms with van der Waals surface area (Å²) in [7, 11) is -2.56. The van der Waals surface area contributed by atoms with Crippen molar-refractivity contribution >= 4 is 62.3 Å². The van der Waals surface area contributed by atoms with Crippen LogP contribution < -0.4 is 14.4 Å². The van der Waals surface area contributed by atoms with Gasteiger partial charge in [0.15, 0.2) is 0 Å². The van der Waals surface area contributed by atoms with Gasteiger partial charge < -0.3 is 15.0 Å². The van der Waals surface area contributed by atoms with Crippen LogP contribution in [0.25, 0.3) is 0 Å². The Labute approximate surface area is 227 Å². The number of rotatable bonds is 11. The molecule has 0 heterocycles. The van der Waals surface area contributed by atoms with E-state index in [4.69, 9.17) is 39.5 Å². The number of nitrogens with one attached hydrogen (secondary N) is 1. The lowest BCUT2D eigenvalue weighted by Gasteiger charge is -2.32. The predicted octanol–water partition coefficient (Wildman–Crippen LogP) is 4.61. The molecule has 1 N–H and O–H groups in total. The Morgan fingerprint density at radius 1 is 1.03 bits per heavy atom. The minimum atomic E-state index is -3.94. The number of carbonyl (C=O) groups excluding carboxylic acids is 2. The van der Waals surface area contributed by atoms with Crippen LogP contribution in [0.1, 0.15) is 26.3 Å². The summed E-state index contributed by atoms with van der Waals surface area (Å²) in [4.78, 5) is 27.8. The number of benzene rings is 2. The van der Waals surface area contributed by atoms with E-state index in [1.165, 1.54) is 24.1 Å². The third kappa shape index (κ3) is 8.16. The molecule has 1 atom stereocenters. The smallest absolute Gasteiger partial charge is 0.244 e. The molecule has 0 aliphatic heterocycles. The van der Waals surface area contributed by atoms with Crippen LogP contribution >= 0.6 is 34.8 Å². The van der Waals surface area contributed by atoms with E-state index >= 15 is 0 Å². The molecular formula is C24H30Cl3N3O5S. The topological polar surface area (TPSA) is 96.0 Å². The highest BCUT2D eigenvalue weighted by Gasteiger charge is 2.31. The van der Waals surface area contributed by atoms with Gasteiger partial charge in [-0.05, 0) is 48.7 Å². The lowest BCUT2D eigenvalue weighted by Crippen LogP contribution is -2.51. The van der Waals surface area contributed by atoms with E-state index in [0.717, 1.165) is 10.6 Å². The molecule has 2 aromatic rings. The maximum Gasteiger partial charge on any atom is 0.244 e. The largest absolute Gasteiger partial charge is 0.495 e. The average Bonchev–Trinajstić information content (AvgIpc) is 2.80. The zero-order valence-corrected chi connectivity index (χ0v) is 23.8. The van der Waals surface area contributed by atoms with Crippen molar-refractivity contribution in [1.29, 1.82) is 0 Å². The molecule has 0 spiro atoms. The van der Waals surface area contributed by atoms with Crippen LogP contribution in [0.15, 0.2) is 36.4 Å². The van der Waals surface area contributed by atoms with Crippen molar-refractivity contribution in [3.05, 3.63) is 57.0 Å². The summed E-state index contributed by atoms with van der Waals surface area (Å²) in [6.07, 6.45) is 0.975. The van der Waals surface area contributed by atoms with Gasteiger partial charge in [0.25, 0.3) is 0 Å². The molecule has 2 rings (SSSR count). The van der Waals surface area contributed by atoms with Gasteiger partial charge in [0.2, 0.25) is 21.8 Å². The van der Waals surface area contributed by atoms with E-state index in [-0.39, 0.29) is 34.8 Å². The summed E-state index contributed by atoms with van der Waals surface area (Å²) < 4.78 is 31.7. The molecule has 0 fully saturated rings. The Morgan fingerprint density at radius 3 is 2.25 bits per heavy atom. The third-order valence-corrected chi connectivity index (χ3v) is 7.38. The molecule has 0 aromatic heterocycles. The van der Waals surface area contributed by atoms with E-state index < -0.39 is 28.5 Å². The van der Waals surface area contributed by atoms with Gasteiger partial charge in [-0.25, -0.2) is 8.42 Å². The number of ether oxygens (including phenoxy) is 1. The van der Waals surface area contributed by atoms with E-state index in [2.05, 4.69) is 5.32 Å². The van der Waals surface area contributed by atoms with Crippen LogP contribution in [0, 0.1) is 5.92 Å². The Hall–Kier alpha value is -2.20. The molecule has 1 unspecified atom stereocenters. The zero-order valence-electron chi connectivity index (χ0n) is 20.7. The molecule has 198 valence electrons. The third-order valence-electron chi connectivity index (χ3n) is 5.28. The highest BCUT2D eigenvalue weighted by molar-refractivity contribution is 7.92. The van der Waals surface area contributed by atoms with E-state index in [1.54, 1.807) is 31.2 Å². The number of nitrogens with zero attached hydrogens (tertiary/aromatic N) is 2. The molecule has 0 radical (unpaired) electrons. The molecule has 2 amide bonds. The van der Waals surface area contributed by atoms with Gasteiger partial charge >= 0.3 is 0 Å². The van der Waals surface area contributed by atoms with Crippen molar-refractivity contribution in [1.82, 2.24) is 10.2 Å². The molecule has 0 aliphatic rings. The van der Waals surface area contributed by atoms with Crippen molar-refractivity contribution < 1.29 is 22.7 Å². The molecular weight excluding hydrogens is 549 g/mol. The fraction of sp³-hybridized carbons (Fsp3) is 0.417. The summed E-state index contributed by atoms with van der Waals surface area (Å²) in [5.41, 5.74) is 0.722. The molecule has 12 heteroatoms. The van der Waals surface area contributed by atoms with Crippen molar-refractivity contribution in [3.8, 4) is 5.75 Å². The fourth-order valence-corrected chi connectivity index (χ4v) is 4.65. The Morgan fingerprint density at radius 2 is 1.69 bits per heavy atom. The van der Waals surface area contributed by atoms with E-state index in [1.807, 2.05) is 13.8 Å². The Bertz CT molecular complexity index is 1210. The summed E-state index contributed by atoms with van der Waals surface area (Å²) >= 11 is 18.3. The molecule has 8 nitrogen and oxygen atoms in total. The first kappa shape index (κ1) is 30.0. The first-order valence-corrected chi connectivity index (χ1v) is 14.0. The maximum absolute atomic E-state index is 13.6. The van der Waals surface area contributed by atoms with Gasteiger partial charge in [-0.1, -0.05) is 54.7 Å². The van der Waals surface area contributed by atoms with E-state index in [0.29, 0.717) is 22.2 Å². The molecule has 2 aromatic carbocycles. The highest BCUT2D eigenvalue weighted by Crippen LogP contribution is 2.33. The van der Waals surface area contributed by atoms with Crippen LogP contribution in [0.4, 0.5) is 5.69 Å². The van der Waals surface area contributed by atoms with Crippen molar-refractivity contribution in [3.63, 3.8) is 0 Å². The number of methoxy groups -OCH3 is 1. The van der Waals surface area contributed by atoms with Crippen molar-refractivity contribution in [2.75, 3.05) is 30.8 Å². The standard InChI is InChI=1S/C24H30Cl3N3O5S/c1-15(2)12-28-24(32)16(3)29(13-17-6-8-19(26)20(27)10-17)23(31)14-30(36(5,33)34)21-11-18(25)7-9-22(21)35-4/h6-11,15-16H,12-14H2,1-5H3,(H,28,32). The summed E-state index contributed by atoms with van der Waals surface area (Å²) in [6.45, 7) is 5.32. The second kappa shape index (κ2) is 12.9. The van der Waals surface area contributed by atoms with Gasteiger partial charge in [-0.2, -0.15) is 0 Å². The molecule has 0 aliphatic carbocycles. The van der Waals surface area contributed by atoms with Gasteiger partial charge in [-0.3, -0.25) is 13.9 Å². The number of hydrogen-bond donors (Lipinski definition) is 1. The normalized spacial score (nSPS) is 12.2. The molecule has 36 heavy (non-hydrogen) atoms. The van der Waals surface area contributed by atoms with Crippen LogP contribution in [0.5, 0.6) is 5.75 Å². The monoisotopic (exact) mass is 577 g/mol. The first-order valence-electron chi connectivity index (χ1n) is 11.1. The fourth-order valence-electron chi connectivity index (χ4n) is 3.32. The number of halogens is 3. The van der Waals surface area contributed by atoms with Gasteiger partial charge in [-0.15, -0.1) is 0 Å².